The number of hydrogen-bond donors (Lipinski definition) is 0. The Hall–Kier alpha value is -3.61. The summed E-state index contributed by atoms with van der Waals surface area (Å²) >= 11 is 0. The molecule has 0 unspecified atom stereocenters. The highest BCUT2D eigenvalue weighted by Gasteiger charge is 2.21. The standard InChI is InChI=1S/C23H25N3O4/c1-5-13-25(21(27)29-16-17-9-7-6-8-10-17)19-11-12-20-18(14-19)15-24-26(20)22(28)30-23(2,3)4/h5-12,14-15H,1,13,16H2,2-4H3. The molecule has 2 aromatic carbocycles. The molecule has 156 valence electrons. The Morgan fingerprint density at radius 2 is 1.90 bits per heavy atom. The summed E-state index contributed by atoms with van der Waals surface area (Å²) in [5, 5.41) is 4.83. The summed E-state index contributed by atoms with van der Waals surface area (Å²) in [5.74, 6) is 0. The molecule has 0 atom stereocenters. The van der Waals surface area contributed by atoms with Gasteiger partial charge in [-0.2, -0.15) is 9.78 Å². The van der Waals surface area contributed by atoms with Gasteiger partial charge in [0.1, 0.15) is 12.2 Å². The minimum absolute atomic E-state index is 0.173. The normalized spacial score (nSPS) is 11.2. The molecule has 0 saturated heterocycles. The van der Waals surface area contributed by atoms with E-state index >= 15 is 0 Å². The first-order chi connectivity index (χ1) is 14.3. The zero-order chi connectivity index (χ0) is 21.7. The smallest absolute Gasteiger partial charge is 0.435 e. The lowest BCUT2D eigenvalue weighted by Gasteiger charge is -2.21. The van der Waals surface area contributed by atoms with Gasteiger partial charge in [-0.3, -0.25) is 4.90 Å². The lowest BCUT2D eigenvalue weighted by atomic mass is 10.2. The number of nitrogens with zero attached hydrogens (tertiary/aromatic N) is 3. The van der Waals surface area contributed by atoms with Crippen molar-refractivity contribution in [2.45, 2.75) is 33.0 Å². The van der Waals surface area contributed by atoms with Gasteiger partial charge in [-0.15, -0.1) is 6.58 Å². The maximum absolute atomic E-state index is 12.7. The molecule has 1 aromatic heterocycles. The molecule has 0 aliphatic carbocycles. The second-order valence-electron chi connectivity index (χ2n) is 7.72. The van der Waals surface area contributed by atoms with Crippen molar-refractivity contribution in [3.63, 3.8) is 0 Å². The van der Waals surface area contributed by atoms with E-state index in [4.69, 9.17) is 9.47 Å². The predicted molar refractivity (Wildman–Crippen MR) is 116 cm³/mol. The third-order valence-corrected chi connectivity index (χ3v) is 4.17. The number of ether oxygens (including phenoxy) is 2. The number of aromatic nitrogens is 2. The van der Waals surface area contributed by atoms with Crippen molar-refractivity contribution in [2.24, 2.45) is 0 Å². The summed E-state index contributed by atoms with van der Waals surface area (Å²) in [6.07, 6.45) is 2.13. The molecule has 3 rings (SSSR count). The van der Waals surface area contributed by atoms with Crippen molar-refractivity contribution in [2.75, 3.05) is 11.4 Å². The fraction of sp³-hybridized carbons (Fsp3) is 0.261. The summed E-state index contributed by atoms with van der Waals surface area (Å²) in [6.45, 7) is 9.56. The Bertz CT molecular complexity index is 1050. The highest BCUT2D eigenvalue weighted by Crippen LogP contribution is 2.24. The van der Waals surface area contributed by atoms with Crippen LogP contribution < -0.4 is 4.90 Å². The Labute approximate surface area is 175 Å². The molecular weight excluding hydrogens is 382 g/mol. The predicted octanol–water partition coefficient (Wildman–Crippen LogP) is 5.15. The van der Waals surface area contributed by atoms with Crippen LogP contribution in [-0.4, -0.2) is 34.1 Å². The number of carbonyl (C=O) groups is 2. The quantitative estimate of drug-likeness (QED) is 0.547. The van der Waals surface area contributed by atoms with Gasteiger partial charge in [0, 0.05) is 17.6 Å². The van der Waals surface area contributed by atoms with E-state index in [2.05, 4.69) is 11.7 Å². The number of hydrogen-bond acceptors (Lipinski definition) is 5. The number of carbonyl (C=O) groups excluding carboxylic acids is 2. The molecule has 1 heterocycles. The molecule has 7 nitrogen and oxygen atoms in total. The Morgan fingerprint density at radius 3 is 2.57 bits per heavy atom. The van der Waals surface area contributed by atoms with Crippen molar-refractivity contribution in [1.29, 1.82) is 0 Å². The first kappa shape index (κ1) is 21.1. The lowest BCUT2D eigenvalue weighted by Crippen LogP contribution is -2.31. The molecule has 30 heavy (non-hydrogen) atoms. The van der Waals surface area contributed by atoms with Crippen LogP contribution in [0.15, 0.2) is 67.4 Å². The van der Waals surface area contributed by atoms with Gasteiger partial charge in [-0.1, -0.05) is 36.4 Å². The lowest BCUT2D eigenvalue weighted by molar-refractivity contribution is 0.0522. The fourth-order valence-corrected chi connectivity index (χ4v) is 2.85. The summed E-state index contributed by atoms with van der Waals surface area (Å²) in [7, 11) is 0. The Morgan fingerprint density at radius 1 is 1.17 bits per heavy atom. The van der Waals surface area contributed by atoms with Gasteiger partial charge in [0.05, 0.1) is 11.7 Å². The summed E-state index contributed by atoms with van der Waals surface area (Å²) in [5.41, 5.74) is 1.48. The number of fused-ring (bicyclic) bond motifs is 1. The Balaban J connectivity index is 1.81. The second-order valence-corrected chi connectivity index (χ2v) is 7.72. The topological polar surface area (TPSA) is 73.7 Å². The Kier molecular flexibility index (Phi) is 6.20. The zero-order valence-corrected chi connectivity index (χ0v) is 17.4. The molecule has 0 aliphatic heterocycles. The van der Waals surface area contributed by atoms with Gasteiger partial charge >= 0.3 is 12.2 Å². The van der Waals surface area contributed by atoms with E-state index in [1.807, 2.05) is 30.3 Å². The van der Waals surface area contributed by atoms with Gasteiger partial charge in [0.2, 0.25) is 0 Å². The third-order valence-electron chi connectivity index (χ3n) is 4.17. The summed E-state index contributed by atoms with van der Waals surface area (Å²) in [6, 6.07) is 14.7. The van der Waals surface area contributed by atoms with Crippen molar-refractivity contribution in [3.05, 3.63) is 72.9 Å². The van der Waals surface area contributed by atoms with Crippen LogP contribution in [0, 0.1) is 0 Å². The molecule has 0 spiro atoms. The zero-order valence-electron chi connectivity index (χ0n) is 17.4. The monoisotopic (exact) mass is 407 g/mol. The van der Waals surface area contributed by atoms with Gasteiger partial charge in [-0.25, -0.2) is 9.59 Å². The maximum atomic E-state index is 12.7. The molecule has 0 radical (unpaired) electrons. The van der Waals surface area contributed by atoms with E-state index < -0.39 is 17.8 Å². The van der Waals surface area contributed by atoms with E-state index in [9.17, 15) is 9.59 Å². The minimum Gasteiger partial charge on any atom is -0.444 e. The van der Waals surface area contributed by atoms with Gasteiger partial charge in [0.15, 0.2) is 0 Å². The molecule has 0 bridgehead atoms. The average molecular weight is 407 g/mol. The highest BCUT2D eigenvalue weighted by molar-refractivity contribution is 5.94. The number of rotatable bonds is 5. The van der Waals surface area contributed by atoms with Gasteiger partial charge in [-0.05, 0) is 44.5 Å². The van der Waals surface area contributed by atoms with E-state index in [1.54, 1.807) is 51.2 Å². The molecule has 0 saturated carbocycles. The van der Waals surface area contributed by atoms with E-state index in [-0.39, 0.29) is 13.2 Å². The largest absolute Gasteiger partial charge is 0.444 e. The molecule has 1 amide bonds. The third kappa shape index (κ3) is 5.05. The van der Waals surface area contributed by atoms with E-state index in [1.165, 1.54) is 9.58 Å². The molecular formula is C23H25N3O4. The minimum atomic E-state index is -0.626. The van der Waals surface area contributed by atoms with Crippen molar-refractivity contribution >= 4 is 28.8 Å². The molecule has 0 aliphatic rings. The van der Waals surface area contributed by atoms with Crippen molar-refractivity contribution in [1.82, 2.24) is 9.78 Å². The first-order valence-electron chi connectivity index (χ1n) is 9.59. The first-order valence-corrected chi connectivity index (χ1v) is 9.59. The number of anilines is 1. The van der Waals surface area contributed by atoms with Crippen LogP contribution in [0.25, 0.3) is 10.9 Å². The van der Waals surface area contributed by atoms with Crippen LogP contribution in [0.4, 0.5) is 15.3 Å². The maximum Gasteiger partial charge on any atom is 0.435 e. The van der Waals surface area contributed by atoms with E-state index in [0.29, 0.717) is 16.6 Å². The van der Waals surface area contributed by atoms with E-state index in [0.717, 1.165) is 5.56 Å². The number of amides is 1. The fourth-order valence-electron chi connectivity index (χ4n) is 2.85. The average Bonchev–Trinajstić information content (AvgIpc) is 3.13. The van der Waals surface area contributed by atoms with Gasteiger partial charge < -0.3 is 9.47 Å². The summed E-state index contributed by atoms with van der Waals surface area (Å²) < 4.78 is 12.0. The molecule has 0 fully saturated rings. The highest BCUT2D eigenvalue weighted by atomic mass is 16.6. The van der Waals surface area contributed by atoms with Gasteiger partial charge in [0.25, 0.3) is 0 Å². The summed E-state index contributed by atoms with van der Waals surface area (Å²) in [4.78, 5) is 26.5. The van der Waals surface area contributed by atoms with Crippen LogP contribution in [-0.2, 0) is 16.1 Å². The second kappa shape index (κ2) is 8.82. The molecule has 3 aromatic rings. The van der Waals surface area contributed by atoms with Crippen LogP contribution >= 0.6 is 0 Å². The number of benzene rings is 2. The SMILES string of the molecule is C=CCN(C(=O)OCc1ccccc1)c1ccc2c(cnn2C(=O)OC(C)(C)C)c1. The van der Waals surface area contributed by atoms with Crippen LogP contribution in [0.2, 0.25) is 0 Å². The van der Waals surface area contributed by atoms with Crippen LogP contribution in [0.1, 0.15) is 26.3 Å². The van der Waals surface area contributed by atoms with Crippen LogP contribution in [0.3, 0.4) is 0 Å². The van der Waals surface area contributed by atoms with Crippen LogP contribution in [0.5, 0.6) is 0 Å². The van der Waals surface area contributed by atoms with Crippen molar-refractivity contribution in [3.8, 4) is 0 Å². The molecule has 0 N–H and O–H groups in total. The van der Waals surface area contributed by atoms with Crippen molar-refractivity contribution < 1.29 is 19.1 Å². The molecule has 7 heteroatoms.